The molecule has 0 aromatic carbocycles. The Morgan fingerprint density at radius 3 is 2.84 bits per heavy atom. The summed E-state index contributed by atoms with van der Waals surface area (Å²) in [4.78, 5) is 0. The van der Waals surface area contributed by atoms with Crippen molar-refractivity contribution in [2.45, 2.75) is 49.7 Å². The van der Waals surface area contributed by atoms with Gasteiger partial charge in [0, 0.05) is 6.54 Å². The molecule has 0 saturated heterocycles. The average Bonchev–Trinajstić information content (AvgIpc) is 2.46. The van der Waals surface area contributed by atoms with Gasteiger partial charge < -0.3 is 10.4 Å². The van der Waals surface area contributed by atoms with Crippen LogP contribution in [-0.4, -0.2) is 34.2 Å². The molecule has 2 rings (SSSR count). The number of nitrogens with zero attached hydrogens (tertiary/aromatic N) is 2. The second-order valence-electron chi connectivity index (χ2n) is 5.14. The van der Waals surface area contributed by atoms with Crippen molar-refractivity contribution in [2.24, 2.45) is 5.92 Å². The zero-order valence-electron chi connectivity index (χ0n) is 11.5. The molecule has 0 bridgehead atoms. The highest BCUT2D eigenvalue weighted by atomic mass is 32.2. The molecule has 0 radical (unpaired) electrons. The van der Waals surface area contributed by atoms with E-state index in [1.807, 2.05) is 18.4 Å². The fourth-order valence-corrected chi connectivity index (χ4v) is 2.96. The predicted octanol–water partition coefficient (Wildman–Crippen LogP) is 2.94. The molecule has 1 aliphatic rings. The molecular weight excluding hydrogens is 258 g/mol. The molecule has 2 atom stereocenters. The first-order valence-corrected chi connectivity index (χ1v) is 8.31. The van der Waals surface area contributed by atoms with Crippen LogP contribution >= 0.6 is 11.8 Å². The summed E-state index contributed by atoms with van der Waals surface area (Å²) < 4.78 is 0. The Morgan fingerprint density at radius 1 is 1.32 bits per heavy atom. The quantitative estimate of drug-likeness (QED) is 0.620. The molecule has 0 spiro atoms. The maximum atomic E-state index is 9.90. The Balaban J connectivity index is 1.65. The number of aliphatic hydroxyl groups is 1. The van der Waals surface area contributed by atoms with Crippen LogP contribution in [0, 0.1) is 5.92 Å². The molecule has 1 aromatic rings. The van der Waals surface area contributed by atoms with Crippen molar-refractivity contribution in [1.29, 1.82) is 0 Å². The van der Waals surface area contributed by atoms with Gasteiger partial charge >= 0.3 is 0 Å². The second kappa shape index (κ2) is 7.70. The van der Waals surface area contributed by atoms with Gasteiger partial charge in [-0.1, -0.05) is 12.8 Å². The number of aliphatic hydroxyl groups excluding tert-OH is 1. The minimum Gasteiger partial charge on any atom is -0.393 e. The first-order chi connectivity index (χ1) is 9.29. The van der Waals surface area contributed by atoms with Crippen LogP contribution in [0.2, 0.25) is 0 Å². The average molecular weight is 281 g/mol. The van der Waals surface area contributed by atoms with Gasteiger partial charge in [-0.3, -0.25) is 0 Å². The smallest absolute Gasteiger partial charge is 0.148 e. The number of nitrogens with one attached hydrogen (secondary N) is 1. The molecule has 1 aromatic heterocycles. The third-order valence-electron chi connectivity index (χ3n) is 3.78. The number of hydrogen-bond donors (Lipinski definition) is 2. The first-order valence-electron chi connectivity index (χ1n) is 7.09. The molecule has 106 valence electrons. The Morgan fingerprint density at radius 2 is 2.16 bits per heavy atom. The zero-order valence-corrected chi connectivity index (χ0v) is 12.3. The second-order valence-corrected chi connectivity index (χ2v) is 5.97. The largest absolute Gasteiger partial charge is 0.393 e. The van der Waals surface area contributed by atoms with Crippen LogP contribution in [0.15, 0.2) is 17.2 Å². The van der Waals surface area contributed by atoms with Crippen LogP contribution in [0.5, 0.6) is 0 Å². The van der Waals surface area contributed by atoms with Gasteiger partial charge in [0.05, 0.1) is 6.10 Å². The minimum absolute atomic E-state index is 0.0746. The summed E-state index contributed by atoms with van der Waals surface area (Å²) >= 11 is 1.60. The highest BCUT2D eigenvalue weighted by Crippen LogP contribution is 2.27. The molecule has 1 heterocycles. The third-order valence-corrected chi connectivity index (χ3v) is 4.41. The molecule has 1 saturated carbocycles. The molecule has 0 aliphatic heterocycles. The van der Waals surface area contributed by atoms with Gasteiger partial charge in [0.1, 0.15) is 10.8 Å². The Kier molecular flexibility index (Phi) is 5.92. The molecule has 2 unspecified atom stereocenters. The standard InChI is InChI=1S/C14H23N3OS/c1-19-14-9-8-13(16-17-14)15-10-4-6-11-5-2-3-7-12(11)18/h8-9,11-12,18H,2-7,10H2,1H3,(H,15,16). The Bertz CT molecular complexity index is 371. The summed E-state index contributed by atoms with van der Waals surface area (Å²) in [6, 6.07) is 3.94. The SMILES string of the molecule is CSc1ccc(NCCCC2CCCCC2O)nn1. The monoisotopic (exact) mass is 281 g/mol. The van der Waals surface area contributed by atoms with E-state index in [9.17, 15) is 5.11 Å². The van der Waals surface area contributed by atoms with Crippen LogP contribution in [-0.2, 0) is 0 Å². The van der Waals surface area contributed by atoms with E-state index >= 15 is 0 Å². The molecule has 1 fully saturated rings. The van der Waals surface area contributed by atoms with E-state index in [1.54, 1.807) is 11.8 Å². The lowest BCUT2D eigenvalue weighted by atomic mass is 9.83. The minimum atomic E-state index is -0.0746. The number of aromatic nitrogens is 2. The maximum absolute atomic E-state index is 9.90. The van der Waals surface area contributed by atoms with E-state index in [0.29, 0.717) is 5.92 Å². The highest BCUT2D eigenvalue weighted by Gasteiger charge is 2.22. The molecule has 5 heteroatoms. The van der Waals surface area contributed by atoms with Crippen molar-refractivity contribution in [3.63, 3.8) is 0 Å². The predicted molar refractivity (Wildman–Crippen MR) is 79.5 cm³/mol. The number of hydrogen-bond acceptors (Lipinski definition) is 5. The first kappa shape index (κ1) is 14.6. The maximum Gasteiger partial charge on any atom is 0.148 e. The molecule has 19 heavy (non-hydrogen) atoms. The topological polar surface area (TPSA) is 58.0 Å². The normalized spacial score (nSPS) is 23.3. The van der Waals surface area contributed by atoms with Gasteiger partial charge in [0.25, 0.3) is 0 Å². The van der Waals surface area contributed by atoms with E-state index < -0.39 is 0 Å². The summed E-state index contributed by atoms with van der Waals surface area (Å²) in [6.45, 7) is 0.899. The van der Waals surface area contributed by atoms with Gasteiger partial charge in [-0.25, -0.2) is 0 Å². The molecule has 2 N–H and O–H groups in total. The summed E-state index contributed by atoms with van der Waals surface area (Å²) in [5, 5.41) is 22.3. The third kappa shape index (κ3) is 4.66. The number of thioether (sulfide) groups is 1. The number of rotatable bonds is 6. The van der Waals surface area contributed by atoms with Crippen molar-refractivity contribution >= 4 is 17.6 Å². The van der Waals surface area contributed by atoms with E-state index in [2.05, 4.69) is 15.5 Å². The zero-order chi connectivity index (χ0) is 13.5. The Labute approximate surface area is 119 Å². The lowest BCUT2D eigenvalue weighted by Crippen LogP contribution is -2.24. The van der Waals surface area contributed by atoms with E-state index in [-0.39, 0.29) is 6.10 Å². The van der Waals surface area contributed by atoms with Crippen LogP contribution < -0.4 is 5.32 Å². The van der Waals surface area contributed by atoms with Crippen molar-refractivity contribution < 1.29 is 5.11 Å². The van der Waals surface area contributed by atoms with E-state index in [1.165, 1.54) is 19.3 Å². The van der Waals surface area contributed by atoms with Crippen molar-refractivity contribution in [3.8, 4) is 0 Å². The van der Waals surface area contributed by atoms with Gasteiger partial charge in [-0.15, -0.1) is 22.0 Å². The van der Waals surface area contributed by atoms with Crippen LogP contribution in [0.25, 0.3) is 0 Å². The Hall–Kier alpha value is -0.810. The van der Waals surface area contributed by atoms with Crippen LogP contribution in [0.1, 0.15) is 38.5 Å². The van der Waals surface area contributed by atoms with Gasteiger partial charge in [0.2, 0.25) is 0 Å². The highest BCUT2D eigenvalue weighted by molar-refractivity contribution is 7.98. The van der Waals surface area contributed by atoms with Crippen LogP contribution in [0.4, 0.5) is 5.82 Å². The van der Waals surface area contributed by atoms with E-state index in [0.717, 1.165) is 36.7 Å². The van der Waals surface area contributed by atoms with Crippen molar-refractivity contribution in [1.82, 2.24) is 10.2 Å². The van der Waals surface area contributed by atoms with Gasteiger partial charge in [-0.2, -0.15) is 0 Å². The lowest BCUT2D eigenvalue weighted by Gasteiger charge is -2.27. The molecule has 1 aliphatic carbocycles. The van der Waals surface area contributed by atoms with Crippen molar-refractivity contribution in [2.75, 3.05) is 18.1 Å². The number of anilines is 1. The van der Waals surface area contributed by atoms with Crippen molar-refractivity contribution in [3.05, 3.63) is 12.1 Å². The molecule has 0 amide bonds. The van der Waals surface area contributed by atoms with Gasteiger partial charge in [0.15, 0.2) is 0 Å². The summed E-state index contributed by atoms with van der Waals surface area (Å²) in [5.74, 6) is 1.34. The van der Waals surface area contributed by atoms with Crippen LogP contribution in [0.3, 0.4) is 0 Å². The fourth-order valence-electron chi connectivity index (χ4n) is 2.63. The summed E-state index contributed by atoms with van der Waals surface area (Å²) in [7, 11) is 0. The molecular formula is C14H23N3OS. The lowest BCUT2D eigenvalue weighted by molar-refractivity contribution is 0.0648. The van der Waals surface area contributed by atoms with Gasteiger partial charge in [-0.05, 0) is 50.0 Å². The fraction of sp³-hybridized carbons (Fsp3) is 0.714. The summed E-state index contributed by atoms with van der Waals surface area (Å²) in [6.07, 6.45) is 8.73. The molecule has 4 nitrogen and oxygen atoms in total. The summed E-state index contributed by atoms with van der Waals surface area (Å²) in [5.41, 5.74) is 0. The van der Waals surface area contributed by atoms with E-state index in [4.69, 9.17) is 0 Å².